The van der Waals surface area contributed by atoms with Crippen LogP contribution in [0.5, 0.6) is 0 Å². The summed E-state index contributed by atoms with van der Waals surface area (Å²) in [6, 6.07) is 4.06. The van der Waals surface area contributed by atoms with Gasteiger partial charge in [-0.1, -0.05) is 0 Å². The topological polar surface area (TPSA) is 90.0 Å². The van der Waals surface area contributed by atoms with Gasteiger partial charge in [0.2, 0.25) is 0 Å². The van der Waals surface area contributed by atoms with E-state index in [-0.39, 0.29) is 17.5 Å². The minimum atomic E-state index is 0.0485. The van der Waals surface area contributed by atoms with Crippen LogP contribution in [0.15, 0.2) is 24.5 Å². The quantitative estimate of drug-likeness (QED) is 0.847. The maximum absolute atomic E-state index is 12.4. The van der Waals surface area contributed by atoms with Crippen molar-refractivity contribution in [3.8, 4) is 11.4 Å². The van der Waals surface area contributed by atoms with Crippen molar-refractivity contribution in [3.63, 3.8) is 0 Å². The van der Waals surface area contributed by atoms with Crippen LogP contribution < -0.4 is 5.32 Å². The molecule has 2 N–H and O–H groups in total. The van der Waals surface area contributed by atoms with E-state index in [0.717, 1.165) is 56.2 Å². The minimum Gasteiger partial charge on any atom is -0.336 e. The van der Waals surface area contributed by atoms with E-state index in [2.05, 4.69) is 32.4 Å². The van der Waals surface area contributed by atoms with Crippen LogP contribution in [0.25, 0.3) is 11.4 Å². The molecule has 8 nitrogen and oxygen atoms in total. The van der Waals surface area contributed by atoms with Gasteiger partial charge in [-0.05, 0) is 51.3 Å². The molecule has 2 saturated heterocycles. The number of aromatic nitrogens is 4. The summed E-state index contributed by atoms with van der Waals surface area (Å²) in [6.07, 6.45) is 5.49. The van der Waals surface area contributed by atoms with Crippen LogP contribution in [0, 0.1) is 5.41 Å². The number of carbonyl (C=O) groups excluding carboxylic acids is 1. The maximum atomic E-state index is 12.4. The first-order valence-electron chi connectivity index (χ1n) is 10.0. The predicted octanol–water partition coefficient (Wildman–Crippen LogP) is 2.10. The molecule has 0 aliphatic carbocycles. The molecule has 1 atom stereocenters. The summed E-state index contributed by atoms with van der Waals surface area (Å²) in [7, 11) is 2.17. The van der Waals surface area contributed by atoms with Gasteiger partial charge in [0.1, 0.15) is 5.82 Å². The summed E-state index contributed by atoms with van der Waals surface area (Å²) >= 11 is 0. The van der Waals surface area contributed by atoms with Crippen molar-refractivity contribution in [1.82, 2.24) is 35.3 Å². The van der Waals surface area contributed by atoms with E-state index in [4.69, 9.17) is 4.98 Å². The number of nitrogens with one attached hydrogen (secondary N) is 2. The minimum absolute atomic E-state index is 0.0485. The van der Waals surface area contributed by atoms with Gasteiger partial charge in [-0.15, -0.1) is 0 Å². The molecule has 8 heteroatoms. The lowest BCUT2D eigenvalue weighted by atomic mass is 9.70. The van der Waals surface area contributed by atoms with Crippen molar-refractivity contribution in [3.05, 3.63) is 30.4 Å². The molecule has 1 spiro atoms. The number of H-pyrrole nitrogens is 1. The Morgan fingerprint density at radius 2 is 2.00 bits per heavy atom. The highest BCUT2D eigenvalue weighted by atomic mass is 16.2. The summed E-state index contributed by atoms with van der Waals surface area (Å²) in [5.41, 5.74) is 1.11. The van der Waals surface area contributed by atoms with Crippen LogP contribution in [0.2, 0.25) is 0 Å². The van der Waals surface area contributed by atoms with Crippen LogP contribution in [0.4, 0.5) is 4.79 Å². The average molecular weight is 384 g/mol. The molecule has 2 aromatic heterocycles. The van der Waals surface area contributed by atoms with E-state index in [1.54, 1.807) is 12.4 Å². The first-order valence-corrected chi connectivity index (χ1v) is 10.0. The van der Waals surface area contributed by atoms with Gasteiger partial charge in [0, 0.05) is 56.1 Å². The van der Waals surface area contributed by atoms with Crippen molar-refractivity contribution in [2.24, 2.45) is 5.41 Å². The Morgan fingerprint density at radius 1 is 1.29 bits per heavy atom. The van der Waals surface area contributed by atoms with Gasteiger partial charge in [-0.25, -0.2) is 9.78 Å². The molecule has 4 rings (SSSR count). The molecular formula is C20H29N7O. The number of carbonyl (C=O) groups is 1. The molecule has 0 radical (unpaired) electrons. The van der Waals surface area contributed by atoms with Crippen molar-refractivity contribution in [2.75, 3.05) is 33.2 Å². The van der Waals surface area contributed by atoms with Gasteiger partial charge in [-0.2, -0.15) is 5.10 Å². The number of likely N-dealkylation sites (tertiary alicyclic amines) is 2. The standard InChI is InChI=1S/C20H29N7O/c1-14(2)22-19(28)27-10-6-20(7-11-27)13-26(3)12-16(20)18-23-17(24-25-18)15-4-8-21-9-5-15/h4-5,8-9,14,16H,6-7,10-13H2,1-3H3,(H,22,28)(H,23,24,25). The Hall–Kier alpha value is -2.48. The summed E-state index contributed by atoms with van der Waals surface area (Å²) < 4.78 is 0. The average Bonchev–Trinajstić information content (AvgIpc) is 3.27. The molecule has 28 heavy (non-hydrogen) atoms. The second kappa shape index (κ2) is 7.50. The van der Waals surface area contributed by atoms with Gasteiger partial charge >= 0.3 is 6.03 Å². The maximum Gasteiger partial charge on any atom is 0.317 e. The summed E-state index contributed by atoms with van der Waals surface area (Å²) in [5, 5.41) is 10.7. The summed E-state index contributed by atoms with van der Waals surface area (Å²) in [5.74, 6) is 1.97. The SMILES string of the molecule is CC(C)NC(=O)N1CCC2(CC1)CN(C)CC2c1nc(-c2ccncc2)n[nH]1. The molecule has 2 amide bonds. The number of likely N-dealkylation sites (N-methyl/N-ethyl adjacent to an activating group) is 1. The normalized spacial score (nSPS) is 22.1. The zero-order chi connectivity index (χ0) is 19.7. The summed E-state index contributed by atoms with van der Waals surface area (Å²) in [6.45, 7) is 7.55. The molecule has 150 valence electrons. The zero-order valence-corrected chi connectivity index (χ0v) is 16.9. The van der Waals surface area contributed by atoms with Gasteiger partial charge in [0.15, 0.2) is 5.82 Å². The van der Waals surface area contributed by atoms with E-state index < -0.39 is 0 Å². The fourth-order valence-electron chi connectivity index (χ4n) is 4.65. The van der Waals surface area contributed by atoms with E-state index in [1.165, 1.54) is 0 Å². The third-order valence-electron chi connectivity index (χ3n) is 6.05. The lowest BCUT2D eigenvalue weighted by molar-refractivity contribution is 0.109. The van der Waals surface area contributed by atoms with Crippen molar-refractivity contribution < 1.29 is 4.79 Å². The number of amides is 2. The number of piperidine rings is 1. The second-order valence-corrected chi connectivity index (χ2v) is 8.48. The molecule has 0 bridgehead atoms. The number of rotatable bonds is 3. The van der Waals surface area contributed by atoms with Crippen LogP contribution in [-0.4, -0.2) is 75.3 Å². The van der Waals surface area contributed by atoms with Gasteiger partial charge < -0.3 is 15.1 Å². The van der Waals surface area contributed by atoms with Crippen LogP contribution >= 0.6 is 0 Å². The summed E-state index contributed by atoms with van der Waals surface area (Å²) in [4.78, 5) is 25.6. The first kappa shape index (κ1) is 18.9. The van der Waals surface area contributed by atoms with Gasteiger partial charge in [0.25, 0.3) is 0 Å². The third-order valence-corrected chi connectivity index (χ3v) is 6.05. The molecule has 0 aromatic carbocycles. The Kier molecular flexibility index (Phi) is 5.05. The number of hydrogen-bond acceptors (Lipinski definition) is 5. The van der Waals surface area contributed by atoms with Gasteiger partial charge in [-0.3, -0.25) is 10.1 Å². The van der Waals surface area contributed by atoms with Gasteiger partial charge in [0.05, 0.1) is 0 Å². The van der Waals surface area contributed by atoms with Crippen molar-refractivity contribution in [1.29, 1.82) is 0 Å². The van der Waals surface area contributed by atoms with E-state index in [9.17, 15) is 4.79 Å². The van der Waals surface area contributed by atoms with Crippen molar-refractivity contribution in [2.45, 2.75) is 38.6 Å². The number of aromatic amines is 1. The lowest BCUT2D eigenvalue weighted by Crippen LogP contribution is -2.50. The number of urea groups is 1. The Labute approximate surface area is 165 Å². The van der Waals surface area contributed by atoms with Crippen LogP contribution in [-0.2, 0) is 0 Å². The van der Waals surface area contributed by atoms with Crippen molar-refractivity contribution >= 4 is 6.03 Å². The monoisotopic (exact) mass is 383 g/mol. The third kappa shape index (κ3) is 3.61. The molecule has 0 saturated carbocycles. The largest absolute Gasteiger partial charge is 0.336 e. The smallest absolute Gasteiger partial charge is 0.317 e. The molecular weight excluding hydrogens is 354 g/mol. The highest BCUT2D eigenvalue weighted by molar-refractivity contribution is 5.74. The molecule has 1 unspecified atom stereocenters. The fourth-order valence-corrected chi connectivity index (χ4v) is 4.65. The number of nitrogens with zero attached hydrogens (tertiary/aromatic N) is 5. The first-order chi connectivity index (χ1) is 13.5. The Morgan fingerprint density at radius 3 is 2.68 bits per heavy atom. The zero-order valence-electron chi connectivity index (χ0n) is 16.9. The van der Waals surface area contributed by atoms with E-state index in [0.29, 0.717) is 5.92 Å². The van der Waals surface area contributed by atoms with E-state index in [1.807, 2.05) is 30.9 Å². The number of hydrogen-bond donors (Lipinski definition) is 2. The lowest BCUT2D eigenvalue weighted by Gasteiger charge is -2.42. The highest BCUT2D eigenvalue weighted by Crippen LogP contribution is 2.48. The highest BCUT2D eigenvalue weighted by Gasteiger charge is 2.49. The second-order valence-electron chi connectivity index (χ2n) is 8.48. The predicted molar refractivity (Wildman–Crippen MR) is 107 cm³/mol. The van der Waals surface area contributed by atoms with Crippen LogP contribution in [0.3, 0.4) is 0 Å². The molecule has 2 aliphatic rings. The van der Waals surface area contributed by atoms with Crippen LogP contribution in [0.1, 0.15) is 38.4 Å². The molecule has 2 fully saturated rings. The molecule has 2 aromatic rings. The number of pyridine rings is 1. The molecule has 4 heterocycles. The Bertz CT molecular complexity index is 811. The Balaban J connectivity index is 1.51. The fraction of sp³-hybridized carbons (Fsp3) is 0.600. The van der Waals surface area contributed by atoms with E-state index >= 15 is 0 Å². The molecule has 2 aliphatic heterocycles.